The van der Waals surface area contributed by atoms with Crippen molar-refractivity contribution in [1.29, 1.82) is 0 Å². The third-order valence-corrected chi connectivity index (χ3v) is 7.02. The van der Waals surface area contributed by atoms with Crippen molar-refractivity contribution < 1.29 is 28.9 Å². The maximum atomic E-state index is 13.4. The average molecular weight is 549 g/mol. The van der Waals surface area contributed by atoms with E-state index in [4.69, 9.17) is 14.2 Å². The first-order valence-corrected chi connectivity index (χ1v) is 13.7. The van der Waals surface area contributed by atoms with Gasteiger partial charge in [0.2, 0.25) is 0 Å². The number of hydrogen-bond acceptors (Lipinski definition) is 7. The number of ether oxygens (including phenoxy) is 3. The van der Waals surface area contributed by atoms with Crippen molar-refractivity contribution in [2.24, 2.45) is 11.8 Å². The molecule has 3 rings (SSSR count). The molecule has 1 amide bonds. The molecule has 0 aliphatic heterocycles. The van der Waals surface area contributed by atoms with Crippen LogP contribution in [0.1, 0.15) is 57.9 Å². The van der Waals surface area contributed by atoms with Crippen LogP contribution in [0.2, 0.25) is 0 Å². The molecule has 2 aromatic carbocycles. The number of carbonyl (C=O) groups excluding carboxylic acids is 2. The van der Waals surface area contributed by atoms with Gasteiger partial charge in [-0.3, -0.25) is 4.79 Å². The molecule has 8 nitrogen and oxygen atoms in total. The third-order valence-electron chi connectivity index (χ3n) is 7.02. The lowest BCUT2D eigenvalue weighted by Crippen LogP contribution is -2.48. The summed E-state index contributed by atoms with van der Waals surface area (Å²) in [6.07, 6.45) is 2.03. The van der Waals surface area contributed by atoms with E-state index >= 15 is 0 Å². The van der Waals surface area contributed by atoms with E-state index in [0.717, 1.165) is 24.0 Å². The van der Waals surface area contributed by atoms with E-state index in [-0.39, 0.29) is 23.3 Å². The van der Waals surface area contributed by atoms with Gasteiger partial charge >= 0.3 is 5.97 Å². The maximum absolute atomic E-state index is 13.4. The number of aromatic nitrogens is 1. The summed E-state index contributed by atoms with van der Waals surface area (Å²) in [5.74, 6) is -1.04. The van der Waals surface area contributed by atoms with Gasteiger partial charge in [-0.15, -0.1) is 0 Å². The van der Waals surface area contributed by atoms with Gasteiger partial charge in [-0.05, 0) is 54.9 Å². The summed E-state index contributed by atoms with van der Waals surface area (Å²) in [5.41, 5.74) is 1.88. The molecule has 214 valence electrons. The smallest absolute Gasteiger partial charge is 0.329 e. The minimum atomic E-state index is -0.967. The van der Waals surface area contributed by atoms with E-state index in [2.05, 4.69) is 24.1 Å². The van der Waals surface area contributed by atoms with Gasteiger partial charge in [-0.1, -0.05) is 70.2 Å². The molecule has 0 spiro atoms. The Morgan fingerprint density at radius 2 is 1.62 bits per heavy atom. The van der Waals surface area contributed by atoms with Crippen LogP contribution < -0.4 is 14.8 Å². The number of nitrogens with zero attached hydrogens (tertiary/aromatic N) is 1. The van der Waals surface area contributed by atoms with Crippen LogP contribution in [-0.4, -0.2) is 47.3 Å². The molecule has 40 heavy (non-hydrogen) atoms. The van der Waals surface area contributed by atoms with Crippen molar-refractivity contribution in [3.05, 3.63) is 72.6 Å². The largest absolute Gasteiger partial charge is 0.503 e. The molecular formula is C32H40N2O6. The number of pyridine rings is 1. The van der Waals surface area contributed by atoms with Gasteiger partial charge < -0.3 is 24.6 Å². The van der Waals surface area contributed by atoms with Crippen LogP contribution in [-0.2, 0) is 9.53 Å². The molecule has 0 aliphatic carbocycles. The number of esters is 1. The van der Waals surface area contributed by atoms with Crippen molar-refractivity contribution in [1.82, 2.24) is 10.3 Å². The monoisotopic (exact) mass is 548 g/mol. The molecule has 0 fully saturated rings. The standard InChI is InChI=1S/C32H40N2O6/c1-7-22(8-2)30(40-25-16-12-15-24(19-25)23-13-10-9-11-14-23)21(5)39-32(37)27(20(3)4)34-31(36)28-29(35)26(38-6)17-18-33-28/h9-22,27,30,35H,7-8H2,1-6H3,(H,34,36)/t21-,27-,30-/m0/s1. The number of aromatic hydroxyl groups is 1. The minimum absolute atomic E-state index is 0.110. The van der Waals surface area contributed by atoms with Gasteiger partial charge in [-0.25, -0.2) is 9.78 Å². The van der Waals surface area contributed by atoms with E-state index in [0.29, 0.717) is 5.75 Å². The second-order valence-corrected chi connectivity index (χ2v) is 10.1. The molecule has 0 radical (unpaired) electrons. The van der Waals surface area contributed by atoms with Crippen LogP contribution >= 0.6 is 0 Å². The molecule has 0 unspecified atom stereocenters. The van der Waals surface area contributed by atoms with Gasteiger partial charge in [0.05, 0.1) is 7.11 Å². The Labute approximate surface area is 236 Å². The number of rotatable bonds is 13. The quantitative estimate of drug-likeness (QED) is 0.251. The Kier molecular flexibility index (Phi) is 10.9. The van der Waals surface area contributed by atoms with E-state index < -0.39 is 35.9 Å². The average Bonchev–Trinajstić information content (AvgIpc) is 2.96. The van der Waals surface area contributed by atoms with Gasteiger partial charge in [0.25, 0.3) is 5.91 Å². The van der Waals surface area contributed by atoms with E-state index in [9.17, 15) is 14.7 Å². The number of nitrogens with one attached hydrogen (secondary N) is 1. The predicted molar refractivity (Wildman–Crippen MR) is 154 cm³/mol. The Morgan fingerprint density at radius 1 is 0.950 bits per heavy atom. The lowest BCUT2D eigenvalue weighted by molar-refractivity contribution is -0.158. The summed E-state index contributed by atoms with van der Waals surface area (Å²) in [6, 6.07) is 18.4. The second-order valence-electron chi connectivity index (χ2n) is 10.1. The summed E-state index contributed by atoms with van der Waals surface area (Å²) in [4.78, 5) is 30.3. The Bertz CT molecular complexity index is 1260. The lowest BCUT2D eigenvalue weighted by Gasteiger charge is -2.32. The van der Waals surface area contributed by atoms with Crippen molar-refractivity contribution in [2.75, 3.05) is 7.11 Å². The Morgan fingerprint density at radius 3 is 2.25 bits per heavy atom. The van der Waals surface area contributed by atoms with Crippen molar-refractivity contribution in [3.63, 3.8) is 0 Å². The van der Waals surface area contributed by atoms with Gasteiger partial charge in [0, 0.05) is 12.3 Å². The molecule has 0 bridgehead atoms. The van der Waals surface area contributed by atoms with E-state index in [1.165, 1.54) is 19.4 Å². The number of methoxy groups -OCH3 is 1. The van der Waals surface area contributed by atoms with Crippen LogP contribution in [0.3, 0.4) is 0 Å². The van der Waals surface area contributed by atoms with Crippen molar-refractivity contribution in [3.8, 4) is 28.4 Å². The number of hydrogen-bond donors (Lipinski definition) is 2. The zero-order valence-corrected chi connectivity index (χ0v) is 24.1. The van der Waals surface area contributed by atoms with Gasteiger partial charge in [-0.2, -0.15) is 0 Å². The van der Waals surface area contributed by atoms with Gasteiger partial charge in [0.15, 0.2) is 17.2 Å². The number of amides is 1. The molecule has 2 N–H and O–H groups in total. The van der Waals surface area contributed by atoms with Crippen molar-refractivity contribution >= 4 is 11.9 Å². The van der Waals surface area contributed by atoms with E-state index in [1.807, 2.05) is 61.5 Å². The highest BCUT2D eigenvalue weighted by Gasteiger charge is 2.34. The fraction of sp³-hybridized carbons (Fsp3) is 0.406. The first-order chi connectivity index (χ1) is 19.2. The SMILES string of the molecule is CCC(CC)[C@@H](Oc1cccc(-c2ccccc2)c1)[C@H](C)OC(=O)[C@@H](NC(=O)c1nccc(OC)c1O)C(C)C. The molecule has 3 aromatic rings. The molecular weight excluding hydrogens is 508 g/mol. The van der Waals surface area contributed by atoms with Crippen molar-refractivity contribution in [2.45, 2.75) is 65.7 Å². The van der Waals surface area contributed by atoms with Crippen LogP contribution in [0.15, 0.2) is 66.9 Å². The first-order valence-electron chi connectivity index (χ1n) is 13.7. The predicted octanol–water partition coefficient (Wildman–Crippen LogP) is 6.03. The fourth-order valence-electron chi connectivity index (χ4n) is 4.66. The highest BCUT2D eigenvalue weighted by molar-refractivity contribution is 5.98. The highest BCUT2D eigenvalue weighted by atomic mass is 16.6. The molecule has 1 heterocycles. The fourth-order valence-corrected chi connectivity index (χ4v) is 4.66. The lowest BCUT2D eigenvalue weighted by atomic mass is 9.92. The summed E-state index contributed by atoms with van der Waals surface area (Å²) in [6.45, 7) is 9.60. The zero-order valence-electron chi connectivity index (χ0n) is 24.1. The van der Waals surface area contributed by atoms with E-state index in [1.54, 1.807) is 13.8 Å². The minimum Gasteiger partial charge on any atom is -0.503 e. The summed E-state index contributed by atoms with van der Waals surface area (Å²) >= 11 is 0. The van der Waals surface area contributed by atoms with Crippen LogP contribution in [0.5, 0.6) is 17.2 Å². The Hall–Kier alpha value is -4.07. The highest BCUT2D eigenvalue weighted by Crippen LogP contribution is 2.29. The molecule has 3 atom stereocenters. The zero-order chi connectivity index (χ0) is 29.2. The number of benzene rings is 2. The maximum Gasteiger partial charge on any atom is 0.329 e. The molecule has 0 aliphatic rings. The molecule has 1 aromatic heterocycles. The molecule has 0 saturated heterocycles. The first kappa shape index (κ1) is 30.5. The Balaban J connectivity index is 1.78. The molecule has 8 heteroatoms. The summed E-state index contributed by atoms with van der Waals surface area (Å²) in [5, 5.41) is 13.0. The molecule has 0 saturated carbocycles. The van der Waals surface area contributed by atoms with Crippen LogP contribution in [0, 0.1) is 11.8 Å². The van der Waals surface area contributed by atoms with Crippen LogP contribution in [0.4, 0.5) is 0 Å². The topological polar surface area (TPSA) is 107 Å². The van der Waals surface area contributed by atoms with Crippen LogP contribution in [0.25, 0.3) is 11.1 Å². The summed E-state index contributed by atoms with van der Waals surface area (Å²) in [7, 11) is 1.38. The van der Waals surface area contributed by atoms with Gasteiger partial charge in [0.1, 0.15) is 24.0 Å². The normalized spacial score (nSPS) is 13.4. The third kappa shape index (κ3) is 7.52. The summed E-state index contributed by atoms with van der Waals surface area (Å²) < 4.78 is 17.5. The number of carbonyl (C=O) groups is 2. The second kappa shape index (κ2) is 14.4.